The molecule has 3 rings (SSSR count). The van der Waals surface area contributed by atoms with E-state index in [-0.39, 0.29) is 18.2 Å². The summed E-state index contributed by atoms with van der Waals surface area (Å²) in [5, 5.41) is 12.9. The first-order chi connectivity index (χ1) is 10.1. The van der Waals surface area contributed by atoms with E-state index in [0.29, 0.717) is 24.3 Å². The summed E-state index contributed by atoms with van der Waals surface area (Å²) in [6, 6.07) is 1.76. The van der Waals surface area contributed by atoms with Crippen molar-refractivity contribution in [1.29, 1.82) is 0 Å². The molecule has 7 nitrogen and oxygen atoms in total. The molecule has 21 heavy (non-hydrogen) atoms. The number of aromatic nitrogens is 3. The summed E-state index contributed by atoms with van der Waals surface area (Å²) in [6.45, 7) is 1.17. The summed E-state index contributed by atoms with van der Waals surface area (Å²) in [5.74, 6) is -0.697. The summed E-state index contributed by atoms with van der Waals surface area (Å²) in [5.41, 5.74) is 1.04. The molecule has 1 fully saturated rings. The third kappa shape index (κ3) is 2.72. The third-order valence-electron chi connectivity index (χ3n) is 3.87. The third-order valence-corrected chi connectivity index (χ3v) is 3.87. The zero-order valence-electron chi connectivity index (χ0n) is 11.5. The molecule has 2 aromatic rings. The number of carboxylic acids is 1. The number of carboxylic acid groups (broad SMARTS) is 1. The van der Waals surface area contributed by atoms with Crippen LogP contribution in [0.15, 0.2) is 24.7 Å². The highest BCUT2D eigenvalue weighted by molar-refractivity contribution is 5.99. The highest BCUT2D eigenvalue weighted by Crippen LogP contribution is 2.22. The lowest BCUT2D eigenvalue weighted by atomic mass is 9.93. The van der Waals surface area contributed by atoms with Gasteiger partial charge in [-0.1, -0.05) is 0 Å². The minimum Gasteiger partial charge on any atom is -0.481 e. The average molecular weight is 288 g/mol. The molecule has 1 N–H and O–H groups in total. The first-order valence-corrected chi connectivity index (χ1v) is 6.94. The van der Waals surface area contributed by atoms with Gasteiger partial charge in [0.2, 0.25) is 0 Å². The summed E-state index contributed by atoms with van der Waals surface area (Å²) in [4.78, 5) is 29.2. The van der Waals surface area contributed by atoms with Crippen LogP contribution in [0.2, 0.25) is 0 Å². The number of nitrogens with zero attached hydrogens (tertiary/aromatic N) is 4. The Bertz CT molecular complexity index is 674. The van der Waals surface area contributed by atoms with Crippen LogP contribution in [-0.4, -0.2) is 49.6 Å². The first kappa shape index (κ1) is 13.5. The molecule has 0 aliphatic carbocycles. The number of likely N-dealkylation sites (tertiary alicyclic amines) is 1. The summed E-state index contributed by atoms with van der Waals surface area (Å²) in [6.07, 6.45) is 6.55. The number of piperidine rings is 1. The van der Waals surface area contributed by atoms with Gasteiger partial charge >= 0.3 is 5.97 Å². The minimum absolute atomic E-state index is 0.0857. The molecule has 3 heterocycles. The maximum Gasteiger partial charge on any atom is 0.303 e. The predicted molar refractivity (Wildman–Crippen MR) is 73.9 cm³/mol. The number of carbonyl (C=O) groups excluding carboxylic acids is 1. The van der Waals surface area contributed by atoms with Crippen molar-refractivity contribution in [3.8, 4) is 0 Å². The van der Waals surface area contributed by atoms with Crippen LogP contribution in [0, 0.1) is 5.92 Å². The molecule has 2 aromatic heterocycles. The fourth-order valence-corrected chi connectivity index (χ4v) is 2.74. The summed E-state index contributed by atoms with van der Waals surface area (Å²) >= 11 is 0. The highest BCUT2D eigenvalue weighted by Gasteiger charge is 2.26. The lowest BCUT2D eigenvalue weighted by molar-refractivity contribution is -0.138. The van der Waals surface area contributed by atoms with Gasteiger partial charge in [0.25, 0.3) is 5.91 Å². The van der Waals surface area contributed by atoms with Crippen molar-refractivity contribution in [3.63, 3.8) is 0 Å². The minimum atomic E-state index is -0.772. The Labute approximate surface area is 121 Å². The molecule has 1 aliphatic rings. The van der Waals surface area contributed by atoms with Crippen LogP contribution in [0.3, 0.4) is 0 Å². The number of fused-ring (bicyclic) bond motifs is 1. The second-order valence-corrected chi connectivity index (χ2v) is 5.28. The van der Waals surface area contributed by atoms with Crippen LogP contribution in [0.5, 0.6) is 0 Å². The van der Waals surface area contributed by atoms with Gasteiger partial charge in [0.05, 0.1) is 6.20 Å². The van der Waals surface area contributed by atoms with Gasteiger partial charge in [-0.15, -0.1) is 0 Å². The Kier molecular flexibility index (Phi) is 3.55. The van der Waals surface area contributed by atoms with E-state index in [0.717, 1.165) is 12.8 Å². The Hall–Kier alpha value is -2.44. The molecule has 0 radical (unpaired) electrons. The van der Waals surface area contributed by atoms with Gasteiger partial charge in [-0.3, -0.25) is 9.59 Å². The molecule has 0 aromatic carbocycles. The lowest BCUT2D eigenvalue weighted by Crippen LogP contribution is -2.38. The zero-order valence-corrected chi connectivity index (χ0v) is 11.5. The smallest absolute Gasteiger partial charge is 0.303 e. The van der Waals surface area contributed by atoms with Gasteiger partial charge < -0.3 is 10.0 Å². The topological polar surface area (TPSA) is 87.8 Å². The lowest BCUT2D eigenvalue weighted by Gasteiger charge is -2.31. The molecule has 0 atom stereocenters. The maximum absolute atomic E-state index is 12.5. The molecular formula is C14H16N4O3. The van der Waals surface area contributed by atoms with Crippen molar-refractivity contribution in [2.24, 2.45) is 5.92 Å². The SMILES string of the molecule is O=C(O)CC1CCN(C(=O)c2cnn3cccnc23)CC1. The largest absolute Gasteiger partial charge is 0.481 e. The molecule has 0 spiro atoms. The van der Waals surface area contributed by atoms with Crippen molar-refractivity contribution in [2.75, 3.05) is 13.1 Å². The van der Waals surface area contributed by atoms with E-state index >= 15 is 0 Å². The van der Waals surface area contributed by atoms with Gasteiger partial charge in [-0.2, -0.15) is 5.10 Å². The van der Waals surface area contributed by atoms with Crippen molar-refractivity contribution in [1.82, 2.24) is 19.5 Å². The number of hydrogen-bond donors (Lipinski definition) is 1. The summed E-state index contributed by atoms with van der Waals surface area (Å²) < 4.78 is 1.57. The molecule has 1 aliphatic heterocycles. The van der Waals surface area contributed by atoms with Gasteiger partial charge in [-0.25, -0.2) is 9.50 Å². The first-order valence-electron chi connectivity index (χ1n) is 6.94. The zero-order chi connectivity index (χ0) is 14.8. The summed E-state index contributed by atoms with van der Waals surface area (Å²) in [7, 11) is 0. The molecule has 0 bridgehead atoms. The number of hydrogen-bond acceptors (Lipinski definition) is 4. The van der Waals surface area contributed by atoms with Gasteiger partial charge in [0.1, 0.15) is 5.56 Å². The monoisotopic (exact) mass is 288 g/mol. The second kappa shape index (κ2) is 5.51. The quantitative estimate of drug-likeness (QED) is 0.912. The molecule has 0 unspecified atom stereocenters. The van der Waals surface area contributed by atoms with E-state index < -0.39 is 5.97 Å². The standard InChI is InChI=1S/C14H16N4O3/c19-12(20)8-10-2-6-17(7-3-10)14(21)11-9-16-18-5-1-4-15-13(11)18/h1,4-5,9-10H,2-3,6-8H2,(H,19,20). The fraction of sp³-hybridized carbons (Fsp3) is 0.429. The Balaban J connectivity index is 1.71. The van der Waals surface area contributed by atoms with Gasteiger partial charge in [0, 0.05) is 31.9 Å². The number of carbonyl (C=O) groups is 2. The predicted octanol–water partition coefficient (Wildman–Crippen LogP) is 1.06. The fourth-order valence-electron chi connectivity index (χ4n) is 2.74. The number of rotatable bonds is 3. The van der Waals surface area contributed by atoms with E-state index in [1.54, 1.807) is 27.9 Å². The van der Waals surface area contributed by atoms with Crippen LogP contribution >= 0.6 is 0 Å². The van der Waals surface area contributed by atoms with Crippen LogP contribution in [0.4, 0.5) is 0 Å². The molecule has 7 heteroatoms. The molecular weight excluding hydrogens is 272 g/mol. The van der Waals surface area contributed by atoms with Gasteiger partial charge in [0.15, 0.2) is 5.65 Å². The van der Waals surface area contributed by atoms with Crippen LogP contribution in [-0.2, 0) is 4.79 Å². The van der Waals surface area contributed by atoms with Crippen LogP contribution < -0.4 is 0 Å². The van der Waals surface area contributed by atoms with Crippen LogP contribution in [0.1, 0.15) is 29.6 Å². The van der Waals surface area contributed by atoms with Crippen molar-refractivity contribution in [3.05, 3.63) is 30.2 Å². The van der Waals surface area contributed by atoms with E-state index in [2.05, 4.69) is 10.1 Å². The highest BCUT2D eigenvalue weighted by atomic mass is 16.4. The Morgan fingerprint density at radius 1 is 1.33 bits per heavy atom. The van der Waals surface area contributed by atoms with E-state index in [4.69, 9.17) is 5.11 Å². The van der Waals surface area contributed by atoms with Gasteiger partial charge in [-0.05, 0) is 24.8 Å². The molecule has 0 saturated carbocycles. The van der Waals surface area contributed by atoms with E-state index in [1.165, 1.54) is 6.20 Å². The van der Waals surface area contributed by atoms with Crippen LogP contribution in [0.25, 0.3) is 5.65 Å². The maximum atomic E-state index is 12.5. The van der Waals surface area contributed by atoms with Crippen molar-refractivity contribution < 1.29 is 14.7 Å². The normalized spacial score (nSPS) is 16.3. The molecule has 1 amide bonds. The van der Waals surface area contributed by atoms with Crippen molar-refractivity contribution >= 4 is 17.5 Å². The number of amides is 1. The van der Waals surface area contributed by atoms with E-state index in [9.17, 15) is 9.59 Å². The van der Waals surface area contributed by atoms with E-state index in [1.807, 2.05) is 0 Å². The van der Waals surface area contributed by atoms with Crippen molar-refractivity contribution in [2.45, 2.75) is 19.3 Å². The second-order valence-electron chi connectivity index (χ2n) is 5.28. The molecule has 1 saturated heterocycles. The average Bonchev–Trinajstić information content (AvgIpc) is 2.90. The Morgan fingerprint density at radius 2 is 2.10 bits per heavy atom. The number of aliphatic carboxylic acids is 1. The Morgan fingerprint density at radius 3 is 2.81 bits per heavy atom. The molecule has 110 valence electrons.